The van der Waals surface area contributed by atoms with E-state index in [1.807, 2.05) is 0 Å². The van der Waals surface area contributed by atoms with Crippen LogP contribution in [0.2, 0.25) is 0 Å². The standard InChI is InChI=1S/C11H14F3N3O2/c1-2-9(10(15)17-18)16-7-4-3-5-8(6-7)19-11(12,13)14/h3-6,9,16,18H,2H2,1H3,(H2,15,17). The van der Waals surface area contributed by atoms with Crippen molar-refractivity contribution in [2.45, 2.75) is 25.7 Å². The van der Waals surface area contributed by atoms with Crippen LogP contribution in [0.1, 0.15) is 13.3 Å². The zero-order valence-electron chi connectivity index (χ0n) is 10.1. The molecule has 0 aliphatic heterocycles. The van der Waals surface area contributed by atoms with Crippen LogP contribution in [-0.4, -0.2) is 23.4 Å². The highest BCUT2D eigenvalue weighted by Gasteiger charge is 2.31. The molecule has 0 aliphatic carbocycles. The van der Waals surface area contributed by atoms with Gasteiger partial charge in [-0.25, -0.2) is 0 Å². The third kappa shape index (κ3) is 4.94. The zero-order chi connectivity index (χ0) is 14.5. The Bertz CT molecular complexity index is 449. The summed E-state index contributed by atoms with van der Waals surface area (Å²) in [6, 6.07) is 4.84. The number of rotatable bonds is 5. The molecule has 0 radical (unpaired) electrons. The van der Waals surface area contributed by atoms with E-state index in [4.69, 9.17) is 10.9 Å². The van der Waals surface area contributed by atoms with Crippen LogP contribution in [0.5, 0.6) is 5.75 Å². The SMILES string of the molecule is CCC(Nc1cccc(OC(F)(F)F)c1)C(N)=NO. The number of nitrogens with zero attached hydrogens (tertiary/aromatic N) is 1. The van der Waals surface area contributed by atoms with E-state index in [9.17, 15) is 13.2 Å². The van der Waals surface area contributed by atoms with Gasteiger partial charge in [-0.15, -0.1) is 13.2 Å². The van der Waals surface area contributed by atoms with E-state index in [0.717, 1.165) is 0 Å². The lowest BCUT2D eigenvalue weighted by Gasteiger charge is -2.17. The molecule has 1 atom stereocenters. The third-order valence-corrected chi connectivity index (χ3v) is 2.29. The van der Waals surface area contributed by atoms with Gasteiger partial charge < -0.3 is 21.0 Å². The molecule has 0 aliphatic rings. The van der Waals surface area contributed by atoms with Gasteiger partial charge in [0.15, 0.2) is 5.84 Å². The van der Waals surface area contributed by atoms with E-state index >= 15 is 0 Å². The molecule has 4 N–H and O–H groups in total. The van der Waals surface area contributed by atoms with Gasteiger partial charge in [-0.05, 0) is 18.6 Å². The molecule has 0 fully saturated rings. The highest BCUT2D eigenvalue weighted by atomic mass is 19.4. The lowest BCUT2D eigenvalue weighted by atomic mass is 10.2. The second-order valence-corrected chi connectivity index (χ2v) is 3.71. The van der Waals surface area contributed by atoms with Crippen molar-refractivity contribution in [2.75, 3.05) is 5.32 Å². The number of halogens is 3. The van der Waals surface area contributed by atoms with Gasteiger partial charge in [0.25, 0.3) is 0 Å². The van der Waals surface area contributed by atoms with Gasteiger partial charge in [-0.1, -0.05) is 18.1 Å². The molecule has 0 aromatic heterocycles. The predicted molar refractivity (Wildman–Crippen MR) is 64.2 cm³/mol. The maximum Gasteiger partial charge on any atom is 0.573 e. The summed E-state index contributed by atoms with van der Waals surface area (Å²) in [6.45, 7) is 1.78. The molecule has 0 saturated heterocycles. The largest absolute Gasteiger partial charge is 0.573 e. The summed E-state index contributed by atoms with van der Waals surface area (Å²) in [4.78, 5) is 0. The summed E-state index contributed by atoms with van der Waals surface area (Å²) >= 11 is 0. The molecular formula is C11H14F3N3O2. The minimum Gasteiger partial charge on any atom is -0.409 e. The molecule has 1 unspecified atom stereocenters. The number of oxime groups is 1. The number of hydrogen-bond acceptors (Lipinski definition) is 4. The number of alkyl halides is 3. The zero-order valence-corrected chi connectivity index (χ0v) is 10.1. The van der Waals surface area contributed by atoms with E-state index in [-0.39, 0.29) is 11.6 Å². The fraction of sp³-hybridized carbons (Fsp3) is 0.364. The van der Waals surface area contributed by atoms with Crippen molar-refractivity contribution in [2.24, 2.45) is 10.9 Å². The predicted octanol–water partition coefficient (Wildman–Crippen LogP) is 2.52. The van der Waals surface area contributed by atoms with E-state index in [1.54, 1.807) is 13.0 Å². The highest BCUT2D eigenvalue weighted by Crippen LogP contribution is 2.25. The molecule has 0 spiro atoms. The Labute approximate surface area is 107 Å². The molecular weight excluding hydrogens is 263 g/mol. The van der Waals surface area contributed by atoms with Gasteiger partial charge in [-0.2, -0.15) is 0 Å². The summed E-state index contributed by atoms with van der Waals surface area (Å²) in [7, 11) is 0. The van der Waals surface area contributed by atoms with Crippen LogP contribution in [0, 0.1) is 0 Å². The quantitative estimate of drug-likeness (QED) is 0.334. The number of nitrogens with two attached hydrogens (primary N) is 1. The summed E-state index contributed by atoms with van der Waals surface area (Å²) in [5.41, 5.74) is 5.82. The van der Waals surface area contributed by atoms with Crippen molar-refractivity contribution in [3.8, 4) is 5.75 Å². The van der Waals surface area contributed by atoms with Gasteiger partial charge >= 0.3 is 6.36 Å². The average molecular weight is 277 g/mol. The Morgan fingerprint density at radius 2 is 2.21 bits per heavy atom. The first-order valence-electron chi connectivity index (χ1n) is 5.45. The summed E-state index contributed by atoms with van der Waals surface area (Å²) in [6.07, 6.45) is -4.24. The molecule has 0 bridgehead atoms. The van der Waals surface area contributed by atoms with Gasteiger partial charge in [0, 0.05) is 11.8 Å². The molecule has 106 valence electrons. The Kier molecular flexibility index (Phi) is 4.85. The summed E-state index contributed by atoms with van der Waals surface area (Å²) in [5.74, 6) is -0.392. The molecule has 8 heteroatoms. The number of hydrogen-bond donors (Lipinski definition) is 3. The molecule has 0 saturated carbocycles. The first-order valence-corrected chi connectivity index (χ1v) is 5.45. The van der Waals surface area contributed by atoms with Crippen molar-refractivity contribution < 1.29 is 23.1 Å². The number of ether oxygens (including phenoxy) is 1. The Balaban J connectivity index is 2.82. The number of benzene rings is 1. The molecule has 1 rings (SSSR count). The minimum atomic E-state index is -4.74. The lowest BCUT2D eigenvalue weighted by Crippen LogP contribution is -2.35. The van der Waals surface area contributed by atoms with E-state index in [0.29, 0.717) is 12.1 Å². The highest BCUT2D eigenvalue weighted by molar-refractivity contribution is 5.87. The van der Waals surface area contributed by atoms with E-state index in [1.165, 1.54) is 18.2 Å². The summed E-state index contributed by atoms with van der Waals surface area (Å²) < 4.78 is 40.0. The fourth-order valence-corrected chi connectivity index (χ4v) is 1.44. The first-order chi connectivity index (χ1) is 8.85. The molecule has 0 heterocycles. The number of nitrogens with one attached hydrogen (secondary N) is 1. The Morgan fingerprint density at radius 1 is 1.53 bits per heavy atom. The molecule has 5 nitrogen and oxygen atoms in total. The maximum atomic E-state index is 12.1. The number of anilines is 1. The van der Waals surface area contributed by atoms with Crippen LogP contribution >= 0.6 is 0 Å². The van der Waals surface area contributed by atoms with Crippen LogP contribution in [0.25, 0.3) is 0 Å². The van der Waals surface area contributed by atoms with Crippen molar-refractivity contribution in [1.29, 1.82) is 0 Å². The molecule has 1 aromatic carbocycles. The van der Waals surface area contributed by atoms with Crippen LogP contribution in [0.15, 0.2) is 29.4 Å². The number of amidine groups is 1. The molecule has 1 aromatic rings. The monoisotopic (exact) mass is 277 g/mol. The average Bonchev–Trinajstić information content (AvgIpc) is 2.33. The minimum absolute atomic E-state index is 0.0513. The topological polar surface area (TPSA) is 79.9 Å². The van der Waals surface area contributed by atoms with Crippen LogP contribution in [0.4, 0.5) is 18.9 Å². The van der Waals surface area contributed by atoms with Gasteiger partial charge in [0.05, 0.1) is 6.04 Å². The van der Waals surface area contributed by atoms with Crippen molar-refractivity contribution in [1.82, 2.24) is 0 Å². The fourth-order valence-electron chi connectivity index (χ4n) is 1.44. The Hall–Kier alpha value is -2.12. The second kappa shape index (κ2) is 6.17. The van der Waals surface area contributed by atoms with Crippen LogP contribution in [0.3, 0.4) is 0 Å². The molecule has 19 heavy (non-hydrogen) atoms. The third-order valence-electron chi connectivity index (χ3n) is 2.29. The Morgan fingerprint density at radius 3 is 2.74 bits per heavy atom. The van der Waals surface area contributed by atoms with Crippen LogP contribution < -0.4 is 15.8 Å². The summed E-state index contributed by atoms with van der Waals surface area (Å²) in [5, 5.41) is 14.3. The van der Waals surface area contributed by atoms with Crippen molar-refractivity contribution in [3.05, 3.63) is 24.3 Å². The normalized spacial score (nSPS) is 14.0. The van der Waals surface area contributed by atoms with Gasteiger partial charge in [-0.3, -0.25) is 0 Å². The molecule has 0 amide bonds. The van der Waals surface area contributed by atoms with Gasteiger partial charge in [0.2, 0.25) is 0 Å². The first kappa shape index (κ1) is 14.9. The maximum absolute atomic E-state index is 12.1. The van der Waals surface area contributed by atoms with Crippen LogP contribution in [-0.2, 0) is 0 Å². The smallest absolute Gasteiger partial charge is 0.409 e. The van der Waals surface area contributed by atoms with Gasteiger partial charge in [0.1, 0.15) is 5.75 Å². The van der Waals surface area contributed by atoms with E-state index < -0.39 is 12.4 Å². The van der Waals surface area contributed by atoms with E-state index in [2.05, 4.69) is 15.2 Å². The van der Waals surface area contributed by atoms with Crippen molar-refractivity contribution >= 4 is 11.5 Å². The van der Waals surface area contributed by atoms with Crippen molar-refractivity contribution in [3.63, 3.8) is 0 Å². The second-order valence-electron chi connectivity index (χ2n) is 3.71. The lowest BCUT2D eigenvalue weighted by molar-refractivity contribution is -0.274.